The van der Waals surface area contributed by atoms with E-state index in [1.165, 1.54) is 22.9 Å². The van der Waals surface area contributed by atoms with Gasteiger partial charge >= 0.3 is 5.97 Å². The summed E-state index contributed by atoms with van der Waals surface area (Å²) in [5, 5.41) is 12.7. The van der Waals surface area contributed by atoms with Crippen LogP contribution in [0, 0.1) is 5.82 Å². The minimum Gasteiger partial charge on any atom is -0.481 e. The zero-order valence-electron chi connectivity index (χ0n) is 10.6. The number of carboxylic acid groups (broad SMARTS) is 1. The summed E-state index contributed by atoms with van der Waals surface area (Å²) in [6, 6.07) is 8.71. The van der Waals surface area contributed by atoms with Crippen molar-refractivity contribution in [2.24, 2.45) is 0 Å². The molecule has 0 saturated heterocycles. The number of aromatic nitrogens is 2. The molecule has 1 aromatic heterocycles. The number of rotatable bonds is 5. The molecule has 0 aliphatic rings. The van der Waals surface area contributed by atoms with Gasteiger partial charge in [-0.1, -0.05) is 0 Å². The number of hydrogen-bond donors (Lipinski definition) is 1. The largest absolute Gasteiger partial charge is 0.481 e. The lowest BCUT2D eigenvalue weighted by Crippen LogP contribution is -2.22. The van der Waals surface area contributed by atoms with E-state index in [0.29, 0.717) is 17.7 Å². The molecule has 0 radical (unpaired) electrons. The Kier molecular flexibility index (Phi) is 4.24. The summed E-state index contributed by atoms with van der Waals surface area (Å²) < 4.78 is 14.1. The summed E-state index contributed by atoms with van der Waals surface area (Å²) in [6.45, 7) is 0.236. The molecule has 1 heterocycles. The Morgan fingerprint density at radius 2 is 1.90 bits per heavy atom. The Labute approximate surface area is 114 Å². The Morgan fingerprint density at radius 3 is 2.55 bits per heavy atom. The summed E-state index contributed by atoms with van der Waals surface area (Å²) in [6.07, 6.45) is 0.310. The van der Waals surface area contributed by atoms with Crippen molar-refractivity contribution in [1.29, 1.82) is 0 Å². The van der Waals surface area contributed by atoms with Crippen LogP contribution in [-0.2, 0) is 11.3 Å². The highest BCUT2D eigenvalue weighted by Gasteiger charge is 2.05. The van der Waals surface area contributed by atoms with Crippen molar-refractivity contribution >= 4 is 5.97 Å². The van der Waals surface area contributed by atoms with Gasteiger partial charge in [0.1, 0.15) is 5.82 Å². The fourth-order valence-corrected chi connectivity index (χ4v) is 1.76. The minimum atomic E-state index is -0.910. The first-order valence-electron chi connectivity index (χ1n) is 6.12. The van der Waals surface area contributed by atoms with Crippen LogP contribution in [0.1, 0.15) is 12.8 Å². The first-order chi connectivity index (χ1) is 9.56. The second kappa shape index (κ2) is 6.10. The number of aliphatic carboxylic acids is 1. The lowest BCUT2D eigenvalue weighted by Gasteiger charge is -2.06. The fourth-order valence-electron chi connectivity index (χ4n) is 1.76. The van der Waals surface area contributed by atoms with Crippen LogP contribution in [0.2, 0.25) is 0 Å². The lowest BCUT2D eigenvalue weighted by atomic mass is 10.1. The van der Waals surface area contributed by atoms with Gasteiger partial charge in [0.15, 0.2) is 0 Å². The minimum absolute atomic E-state index is 0.0190. The van der Waals surface area contributed by atoms with Crippen LogP contribution in [0.4, 0.5) is 4.39 Å². The predicted octanol–water partition coefficient (Wildman–Crippen LogP) is 1.91. The summed E-state index contributed by atoms with van der Waals surface area (Å²) in [4.78, 5) is 22.1. The molecular formula is C14H13FN2O3. The third kappa shape index (κ3) is 3.50. The maximum absolute atomic E-state index is 12.9. The maximum Gasteiger partial charge on any atom is 0.303 e. The molecule has 2 rings (SSSR count). The first kappa shape index (κ1) is 13.9. The molecule has 0 atom stereocenters. The second-order valence-corrected chi connectivity index (χ2v) is 4.28. The topological polar surface area (TPSA) is 72.2 Å². The molecule has 0 bridgehead atoms. The van der Waals surface area contributed by atoms with Crippen LogP contribution in [0.15, 0.2) is 41.2 Å². The van der Waals surface area contributed by atoms with Crippen molar-refractivity contribution in [1.82, 2.24) is 9.78 Å². The molecule has 5 nitrogen and oxygen atoms in total. The van der Waals surface area contributed by atoms with Gasteiger partial charge < -0.3 is 5.11 Å². The summed E-state index contributed by atoms with van der Waals surface area (Å²) >= 11 is 0. The molecule has 2 aromatic rings. The molecule has 0 spiro atoms. The van der Waals surface area contributed by atoms with Crippen LogP contribution in [0.25, 0.3) is 11.3 Å². The zero-order valence-corrected chi connectivity index (χ0v) is 10.6. The predicted molar refractivity (Wildman–Crippen MR) is 70.8 cm³/mol. The van der Waals surface area contributed by atoms with Crippen molar-refractivity contribution in [2.75, 3.05) is 0 Å². The average Bonchev–Trinajstić information content (AvgIpc) is 2.41. The number of nitrogens with zero attached hydrogens (tertiary/aromatic N) is 2. The smallest absolute Gasteiger partial charge is 0.303 e. The van der Waals surface area contributed by atoms with Gasteiger partial charge in [-0.3, -0.25) is 9.59 Å². The number of carbonyl (C=O) groups is 1. The van der Waals surface area contributed by atoms with Crippen LogP contribution in [0.5, 0.6) is 0 Å². The first-order valence-corrected chi connectivity index (χ1v) is 6.12. The quantitative estimate of drug-likeness (QED) is 0.905. The van der Waals surface area contributed by atoms with Gasteiger partial charge in [-0.15, -0.1) is 0 Å². The van der Waals surface area contributed by atoms with E-state index >= 15 is 0 Å². The van der Waals surface area contributed by atoms with Gasteiger partial charge in [0.2, 0.25) is 0 Å². The molecule has 20 heavy (non-hydrogen) atoms. The van der Waals surface area contributed by atoms with Gasteiger partial charge in [0.05, 0.1) is 5.69 Å². The third-order valence-corrected chi connectivity index (χ3v) is 2.77. The van der Waals surface area contributed by atoms with Gasteiger partial charge in [0.25, 0.3) is 5.56 Å². The zero-order chi connectivity index (χ0) is 14.5. The van der Waals surface area contributed by atoms with E-state index in [1.807, 2.05) is 0 Å². The van der Waals surface area contributed by atoms with E-state index in [0.717, 1.165) is 0 Å². The number of hydrogen-bond acceptors (Lipinski definition) is 3. The summed E-state index contributed by atoms with van der Waals surface area (Å²) in [5.74, 6) is -1.25. The number of halogens is 1. The summed E-state index contributed by atoms with van der Waals surface area (Å²) in [5.41, 5.74) is 0.944. The van der Waals surface area contributed by atoms with Crippen LogP contribution in [0.3, 0.4) is 0 Å². The van der Waals surface area contributed by atoms with E-state index in [2.05, 4.69) is 5.10 Å². The highest BCUT2D eigenvalue weighted by Crippen LogP contribution is 2.15. The molecule has 0 unspecified atom stereocenters. The van der Waals surface area contributed by atoms with Crippen molar-refractivity contribution in [3.8, 4) is 11.3 Å². The maximum atomic E-state index is 12.9. The van der Waals surface area contributed by atoms with E-state index in [-0.39, 0.29) is 24.3 Å². The monoisotopic (exact) mass is 276 g/mol. The molecule has 0 fully saturated rings. The summed E-state index contributed by atoms with van der Waals surface area (Å²) in [7, 11) is 0. The normalized spacial score (nSPS) is 10.4. The standard InChI is InChI=1S/C14H13FN2O3/c15-11-5-3-10(4-6-11)12-7-8-13(18)17(16-12)9-1-2-14(19)20/h3-8H,1-2,9H2,(H,19,20). The molecular weight excluding hydrogens is 263 g/mol. The van der Waals surface area contributed by atoms with Gasteiger partial charge in [-0.25, -0.2) is 9.07 Å². The third-order valence-electron chi connectivity index (χ3n) is 2.77. The van der Waals surface area contributed by atoms with Gasteiger partial charge in [-0.05, 0) is 36.8 Å². The number of carboxylic acids is 1. The Bertz CT molecular complexity index is 665. The fraction of sp³-hybridized carbons (Fsp3) is 0.214. The molecule has 0 aliphatic carbocycles. The lowest BCUT2D eigenvalue weighted by molar-refractivity contribution is -0.137. The SMILES string of the molecule is O=C(O)CCCn1nc(-c2ccc(F)cc2)ccc1=O. The number of aryl methyl sites for hydroxylation is 1. The molecule has 1 aromatic carbocycles. The molecule has 0 aliphatic heterocycles. The molecule has 104 valence electrons. The second-order valence-electron chi connectivity index (χ2n) is 4.28. The Balaban J connectivity index is 2.21. The van der Waals surface area contributed by atoms with Crippen LogP contribution < -0.4 is 5.56 Å². The van der Waals surface area contributed by atoms with Crippen molar-refractivity contribution in [3.05, 3.63) is 52.6 Å². The van der Waals surface area contributed by atoms with Crippen molar-refractivity contribution in [3.63, 3.8) is 0 Å². The molecule has 6 heteroatoms. The van der Waals surface area contributed by atoms with Gasteiger partial charge in [-0.2, -0.15) is 5.10 Å². The van der Waals surface area contributed by atoms with E-state index in [1.54, 1.807) is 18.2 Å². The van der Waals surface area contributed by atoms with Crippen molar-refractivity contribution < 1.29 is 14.3 Å². The number of benzene rings is 1. The van der Waals surface area contributed by atoms with E-state index in [4.69, 9.17) is 5.11 Å². The van der Waals surface area contributed by atoms with E-state index < -0.39 is 5.97 Å². The van der Waals surface area contributed by atoms with Gasteiger partial charge in [0, 0.05) is 24.6 Å². The average molecular weight is 276 g/mol. The Morgan fingerprint density at radius 1 is 1.20 bits per heavy atom. The molecule has 1 N–H and O–H groups in total. The van der Waals surface area contributed by atoms with Crippen molar-refractivity contribution in [2.45, 2.75) is 19.4 Å². The molecule has 0 amide bonds. The Hall–Kier alpha value is -2.50. The highest BCUT2D eigenvalue weighted by atomic mass is 19.1. The highest BCUT2D eigenvalue weighted by molar-refractivity contribution is 5.66. The molecule has 0 saturated carbocycles. The van der Waals surface area contributed by atoms with E-state index in [9.17, 15) is 14.0 Å². The van der Waals surface area contributed by atoms with Crippen LogP contribution >= 0.6 is 0 Å². The van der Waals surface area contributed by atoms with Crippen LogP contribution in [-0.4, -0.2) is 20.9 Å².